The molecular formula is C52H96NO12P. The number of allylic oxidation sites excluding steroid dienone is 2. The molecule has 13 nitrogen and oxygen atoms in total. The number of esters is 2. The molecule has 0 aromatic carbocycles. The number of aliphatic hydroxyl groups is 3. The number of carbonyl (C=O) groups excluding carboxylic acids is 3. The highest BCUT2D eigenvalue weighted by Gasteiger charge is 2.41. The first-order chi connectivity index (χ1) is 31.6. The summed E-state index contributed by atoms with van der Waals surface area (Å²) in [7, 11) is 0.969. The second-order valence-corrected chi connectivity index (χ2v) is 21.3. The van der Waals surface area contributed by atoms with Gasteiger partial charge in [0.25, 0.3) is 7.82 Å². The molecule has 0 heterocycles. The van der Waals surface area contributed by atoms with E-state index in [0.29, 0.717) is 36.7 Å². The molecular weight excluding hydrogens is 862 g/mol. The van der Waals surface area contributed by atoms with Crippen molar-refractivity contribution >= 4 is 25.5 Å². The molecule has 1 aliphatic rings. The number of carbonyl (C=O) groups is 3. The van der Waals surface area contributed by atoms with Crippen LogP contribution in [0, 0.1) is 11.8 Å². The van der Waals surface area contributed by atoms with E-state index in [-0.39, 0.29) is 44.5 Å². The molecule has 0 aliphatic heterocycles. The van der Waals surface area contributed by atoms with E-state index in [1.807, 2.05) is 21.1 Å². The van der Waals surface area contributed by atoms with Crippen molar-refractivity contribution < 1.29 is 62.2 Å². The summed E-state index contributed by atoms with van der Waals surface area (Å²) in [4.78, 5) is 50.8. The van der Waals surface area contributed by atoms with Crippen LogP contribution in [-0.4, -0.2) is 109 Å². The Morgan fingerprint density at radius 3 is 1.79 bits per heavy atom. The molecule has 386 valence electrons. The molecule has 3 N–H and O–H groups in total. The lowest BCUT2D eigenvalue weighted by molar-refractivity contribution is -0.870. The number of phosphoric ester groups is 1. The number of ether oxygens (including phenoxy) is 2. The predicted octanol–water partition coefficient (Wildman–Crippen LogP) is 10.4. The molecule has 0 saturated heterocycles. The van der Waals surface area contributed by atoms with E-state index in [0.717, 1.165) is 38.5 Å². The molecule has 0 radical (unpaired) electrons. The van der Waals surface area contributed by atoms with Crippen LogP contribution in [0.3, 0.4) is 0 Å². The van der Waals surface area contributed by atoms with Crippen LogP contribution < -0.4 is 4.89 Å². The van der Waals surface area contributed by atoms with Gasteiger partial charge in [-0.3, -0.25) is 18.9 Å². The Morgan fingerprint density at radius 2 is 1.20 bits per heavy atom. The minimum atomic E-state index is -4.72. The second-order valence-electron chi connectivity index (χ2n) is 19.9. The van der Waals surface area contributed by atoms with Crippen LogP contribution >= 0.6 is 7.82 Å². The van der Waals surface area contributed by atoms with Crippen molar-refractivity contribution in [1.82, 2.24) is 0 Å². The van der Waals surface area contributed by atoms with Crippen LogP contribution in [0.2, 0.25) is 0 Å². The van der Waals surface area contributed by atoms with Gasteiger partial charge in [-0.15, -0.1) is 0 Å². The van der Waals surface area contributed by atoms with Gasteiger partial charge in [0.2, 0.25) is 0 Å². The van der Waals surface area contributed by atoms with Gasteiger partial charge < -0.3 is 43.2 Å². The Kier molecular flexibility index (Phi) is 36.5. The number of rotatable bonds is 44. The van der Waals surface area contributed by atoms with Crippen molar-refractivity contribution in [2.75, 3.05) is 47.5 Å². The van der Waals surface area contributed by atoms with Gasteiger partial charge in [-0.25, -0.2) is 0 Å². The van der Waals surface area contributed by atoms with Crippen molar-refractivity contribution in [2.45, 2.75) is 231 Å². The number of ketones is 1. The molecule has 1 rings (SSSR count). The van der Waals surface area contributed by atoms with Crippen LogP contribution in [0.5, 0.6) is 0 Å². The van der Waals surface area contributed by atoms with Gasteiger partial charge in [-0.05, 0) is 51.4 Å². The fourth-order valence-corrected chi connectivity index (χ4v) is 8.96. The van der Waals surface area contributed by atoms with E-state index in [9.17, 15) is 39.2 Å². The standard InChI is InChI=1S/C52H96NO12P/c1-6-8-10-11-12-13-14-15-16-17-18-19-20-21-22-23-24-25-26-27-29-35-52(59)65-46(43-64-66(60,61)63-39-38-53(3,4)5)42-62-51(58)34-31-30-33-45(55)40-48-47(49(56)41-50(48)57)37-36-44(54)32-28-9-7-2/h15-16,36-37,44,46-50,54,56-57H,6-14,17-35,38-43H2,1-5H3/b16-15-,37-36+/t44-,46+,47+,48+,49+,50-/m0/s1. The van der Waals surface area contributed by atoms with E-state index in [4.69, 9.17) is 18.5 Å². The van der Waals surface area contributed by atoms with Gasteiger partial charge in [-0.2, -0.15) is 0 Å². The molecule has 1 fully saturated rings. The Labute approximate surface area is 401 Å². The Bertz CT molecular complexity index is 1350. The Morgan fingerprint density at radius 1 is 0.682 bits per heavy atom. The number of likely N-dealkylation sites (N-methyl/N-ethyl adjacent to an activating group) is 1. The van der Waals surface area contributed by atoms with Crippen LogP contribution in [0.25, 0.3) is 0 Å². The van der Waals surface area contributed by atoms with Crippen molar-refractivity contribution in [2.24, 2.45) is 11.8 Å². The van der Waals surface area contributed by atoms with Crippen LogP contribution in [0.15, 0.2) is 24.3 Å². The molecule has 7 atom stereocenters. The van der Waals surface area contributed by atoms with E-state index < -0.39 is 69.2 Å². The van der Waals surface area contributed by atoms with E-state index in [1.165, 1.54) is 96.3 Å². The minimum absolute atomic E-state index is 0.00762. The van der Waals surface area contributed by atoms with Gasteiger partial charge in [0.1, 0.15) is 25.5 Å². The zero-order valence-corrected chi connectivity index (χ0v) is 43.1. The molecule has 0 aromatic rings. The Balaban J connectivity index is 2.40. The van der Waals surface area contributed by atoms with E-state index in [2.05, 4.69) is 26.0 Å². The van der Waals surface area contributed by atoms with Crippen molar-refractivity contribution in [3.8, 4) is 0 Å². The summed E-state index contributed by atoms with van der Waals surface area (Å²) in [6, 6.07) is 0. The van der Waals surface area contributed by atoms with Gasteiger partial charge >= 0.3 is 11.9 Å². The third kappa shape index (κ3) is 35.2. The smallest absolute Gasteiger partial charge is 0.306 e. The highest BCUT2D eigenvalue weighted by atomic mass is 31.2. The molecule has 0 spiro atoms. The molecule has 1 saturated carbocycles. The van der Waals surface area contributed by atoms with Crippen molar-refractivity contribution in [3.63, 3.8) is 0 Å². The lowest BCUT2D eigenvalue weighted by atomic mass is 9.87. The lowest BCUT2D eigenvalue weighted by Crippen LogP contribution is -2.37. The molecule has 0 amide bonds. The average molecular weight is 958 g/mol. The summed E-state index contributed by atoms with van der Waals surface area (Å²) in [5.74, 6) is -2.10. The maximum atomic E-state index is 12.9. The number of aliphatic hydroxyl groups excluding tert-OH is 3. The quantitative estimate of drug-likeness (QED) is 0.0173. The molecule has 66 heavy (non-hydrogen) atoms. The lowest BCUT2D eigenvalue weighted by Gasteiger charge is -2.28. The number of phosphoric acid groups is 1. The number of unbranched alkanes of at least 4 members (excludes halogenated alkanes) is 20. The van der Waals surface area contributed by atoms with Crippen LogP contribution in [0.4, 0.5) is 0 Å². The normalized spacial score (nSPS) is 19.7. The SMILES string of the molecule is CCCCCCCC/C=C\CCCCCCCCCCCCCC(=O)O[C@H](COC(=O)CCCCC(=O)C[C@@H]1[C@@H](/C=C/[C@@H](O)CCCCC)[C@H](O)C[C@@H]1O)COP(=O)([O-])OCC[N+](C)(C)C. The predicted molar refractivity (Wildman–Crippen MR) is 261 cm³/mol. The van der Waals surface area contributed by atoms with Crippen LogP contribution in [0.1, 0.15) is 206 Å². The number of Topliss-reactive ketones (excluding diaryl/α,β-unsaturated/α-hetero) is 1. The summed E-state index contributed by atoms with van der Waals surface area (Å²) < 4.78 is 33.9. The molecule has 1 aliphatic carbocycles. The summed E-state index contributed by atoms with van der Waals surface area (Å²) in [6.45, 7) is 3.71. The van der Waals surface area contributed by atoms with Gasteiger partial charge in [0, 0.05) is 43.9 Å². The van der Waals surface area contributed by atoms with Gasteiger partial charge in [0.15, 0.2) is 6.10 Å². The monoisotopic (exact) mass is 958 g/mol. The minimum Gasteiger partial charge on any atom is -0.756 e. The number of quaternary nitrogens is 1. The molecule has 1 unspecified atom stereocenters. The first-order valence-electron chi connectivity index (χ1n) is 26.2. The Hall–Kier alpha value is -1.96. The number of hydrogen-bond acceptors (Lipinski definition) is 12. The zero-order valence-electron chi connectivity index (χ0n) is 42.2. The second kappa shape index (κ2) is 38.8. The largest absolute Gasteiger partial charge is 0.756 e. The zero-order chi connectivity index (χ0) is 48.9. The fourth-order valence-electron chi connectivity index (χ4n) is 8.23. The number of nitrogens with zero attached hydrogens (tertiary/aromatic N) is 1. The first-order valence-corrected chi connectivity index (χ1v) is 27.7. The highest BCUT2D eigenvalue weighted by Crippen LogP contribution is 2.39. The highest BCUT2D eigenvalue weighted by molar-refractivity contribution is 7.45. The summed E-state index contributed by atoms with van der Waals surface area (Å²) in [6.07, 6.45) is 32.6. The number of hydrogen-bond donors (Lipinski definition) is 3. The van der Waals surface area contributed by atoms with Crippen molar-refractivity contribution in [3.05, 3.63) is 24.3 Å². The molecule has 0 aromatic heterocycles. The van der Waals surface area contributed by atoms with Crippen molar-refractivity contribution in [1.29, 1.82) is 0 Å². The van der Waals surface area contributed by atoms with E-state index in [1.54, 1.807) is 12.2 Å². The third-order valence-corrected chi connectivity index (χ3v) is 13.4. The first kappa shape index (κ1) is 62.1. The van der Waals surface area contributed by atoms with Crippen LogP contribution in [-0.2, 0) is 37.5 Å². The maximum absolute atomic E-state index is 12.9. The van der Waals surface area contributed by atoms with E-state index >= 15 is 0 Å². The molecule has 0 bridgehead atoms. The molecule has 14 heteroatoms. The van der Waals surface area contributed by atoms with Gasteiger partial charge in [0.05, 0.1) is 46.1 Å². The maximum Gasteiger partial charge on any atom is 0.306 e. The summed E-state index contributed by atoms with van der Waals surface area (Å²) >= 11 is 0. The van der Waals surface area contributed by atoms with Gasteiger partial charge in [-0.1, -0.05) is 147 Å². The average Bonchev–Trinajstić information content (AvgIpc) is 3.52. The third-order valence-electron chi connectivity index (χ3n) is 12.4. The summed E-state index contributed by atoms with van der Waals surface area (Å²) in [5.41, 5.74) is 0. The topological polar surface area (TPSA) is 189 Å². The summed E-state index contributed by atoms with van der Waals surface area (Å²) in [5, 5.41) is 31.4. The fraction of sp³-hybridized carbons (Fsp3) is 0.865.